The molecule has 1 heterocycles. The first-order chi connectivity index (χ1) is 10.7. The average molecular weight is 436 g/mol. The normalized spacial score (nSPS) is 14.7. The van der Waals surface area contributed by atoms with Crippen molar-refractivity contribution in [2.24, 2.45) is 12.0 Å². The van der Waals surface area contributed by atoms with Crippen LogP contribution in [0.5, 0.6) is 0 Å². The van der Waals surface area contributed by atoms with Crippen molar-refractivity contribution < 1.29 is 4.74 Å². The van der Waals surface area contributed by atoms with E-state index in [0.717, 1.165) is 43.9 Å². The van der Waals surface area contributed by atoms with E-state index in [9.17, 15) is 0 Å². The standard InChI is InChI=1S/C15H28N6O.HI/c1-16-15(18-12-14-6-7-19-20(14)2)17-8-9-21(10-11-22-3)13-4-5-13;/h6-7,13H,4-5,8-12H2,1-3H3,(H2,16,17,18);1H. The molecule has 1 fully saturated rings. The predicted molar refractivity (Wildman–Crippen MR) is 103 cm³/mol. The first-order valence-corrected chi connectivity index (χ1v) is 7.89. The van der Waals surface area contributed by atoms with Crippen molar-refractivity contribution in [3.8, 4) is 0 Å². The number of methoxy groups -OCH3 is 1. The third-order valence-corrected chi connectivity index (χ3v) is 3.92. The highest BCUT2D eigenvalue weighted by atomic mass is 127. The van der Waals surface area contributed by atoms with Crippen LogP contribution in [0.1, 0.15) is 18.5 Å². The lowest BCUT2D eigenvalue weighted by molar-refractivity contribution is 0.144. The number of nitrogens with one attached hydrogen (secondary N) is 2. The smallest absolute Gasteiger partial charge is 0.191 e. The third kappa shape index (κ3) is 7.05. The third-order valence-electron chi connectivity index (χ3n) is 3.92. The summed E-state index contributed by atoms with van der Waals surface area (Å²) in [5.41, 5.74) is 1.13. The predicted octanol–water partition coefficient (Wildman–Crippen LogP) is 0.814. The van der Waals surface area contributed by atoms with E-state index in [1.54, 1.807) is 20.4 Å². The molecule has 1 aromatic heterocycles. The first-order valence-electron chi connectivity index (χ1n) is 7.89. The van der Waals surface area contributed by atoms with Crippen molar-refractivity contribution in [1.29, 1.82) is 0 Å². The molecule has 7 nitrogen and oxygen atoms in total. The summed E-state index contributed by atoms with van der Waals surface area (Å²) in [6.45, 7) is 4.41. The van der Waals surface area contributed by atoms with E-state index in [0.29, 0.717) is 6.54 Å². The molecule has 0 saturated heterocycles. The van der Waals surface area contributed by atoms with Gasteiger partial charge in [-0.1, -0.05) is 0 Å². The molecule has 0 radical (unpaired) electrons. The quantitative estimate of drug-likeness (QED) is 0.341. The van der Waals surface area contributed by atoms with Crippen LogP contribution in [0.2, 0.25) is 0 Å². The fourth-order valence-electron chi connectivity index (χ4n) is 2.41. The monoisotopic (exact) mass is 436 g/mol. The first kappa shape index (κ1) is 20.2. The van der Waals surface area contributed by atoms with E-state index >= 15 is 0 Å². The number of aliphatic imine (C=N–C) groups is 1. The lowest BCUT2D eigenvalue weighted by Crippen LogP contribution is -2.42. The van der Waals surface area contributed by atoms with E-state index in [4.69, 9.17) is 4.74 Å². The van der Waals surface area contributed by atoms with Crippen LogP contribution < -0.4 is 10.6 Å². The number of hydrogen-bond donors (Lipinski definition) is 2. The Bertz CT molecular complexity index is 474. The number of aryl methyl sites for hydroxylation is 1. The van der Waals surface area contributed by atoms with Crippen LogP contribution in [-0.2, 0) is 18.3 Å². The maximum Gasteiger partial charge on any atom is 0.191 e. The van der Waals surface area contributed by atoms with Crippen molar-refractivity contribution in [2.45, 2.75) is 25.4 Å². The number of rotatable bonds is 9. The van der Waals surface area contributed by atoms with Crippen molar-refractivity contribution in [2.75, 3.05) is 40.4 Å². The molecule has 0 spiro atoms. The second kappa shape index (κ2) is 10.8. The van der Waals surface area contributed by atoms with Gasteiger partial charge in [-0.2, -0.15) is 5.10 Å². The number of guanidine groups is 1. The molecule has 2 rings (SSSR count). The van der Waals surface area contributed by atoms with E-state index in [2.05, 4.69) is 25.6 Å². The molecular formula is C15H29IN6O. The molecule has 1 saturated carbocycles. The van der Waals surface area contributed by atoms with E-state index in [1.807, 2.05) is 17.8 Å². The highest BCUT2D eigenvalue weighted by molar-refractivity contribution is 14.0. The van der Waals surface area contributed by atoms with Gasteiger partial charge in [0.1, 0.15) is 0 Å². The molecule has 0 atom stereocenters. The Hall–Kier alpha value is -0.870. The number of ether oxygens (including phenoxy) is 1. The summed E-state index contributed by atoms with van der Waals surface area (Å²) in [5.74, 6) is 0.823. The molecule has 132 valence electrons. The van der Waals surface area contributed by atoms with Gasteiger partial charge in [0.25, 0.3) is 0 Å². The Morgan fingerprint density at radius 1 is 1.43 bits per heavy atom. The van der Waals surface area contributed by atoms with Gasteiger partial charge in [0.05, 0.1) is 18.8 Å². The number of nitrogens with zero attached hydrogens (tertiary/aromatic N) is 4. The summed E-state index contributed by atoms with van der Waals surface area (Å²) in [6, 6.07) is 2.75. The molecule has 2 N–H and O–H groups in total. The molecule has 8 heteroatoms. The van der Waals surface area contributed by atoms with Crippen molar-refractivity contribution in [3.05, 3.63) is 18.0 Å². The van der Waals surface area contributed by atoms with Gasteiger partial charge in [-0.3, -0.25) is 14.6 Å². The molecule has 0 unspecified atom stereocenters. The van der Waals surface area contributed by atoms with Gasteiger partial charge in [0.15, 0.2) is 5.96 Å². The van der Waals surface area contributed by atoms with Gasteiger partial charge in [-0.05, 0) is 18.9 Å². The maximum atomic E-state index is 5.18. The highest BCUT2D eigenvalue weighted by Crippen LogP contribution is 2.25. The zero-order valence-corrected chi connectivity index (χ0v) is 16.6. The van der Waals surface area contributed by atoms with Crippen LogP contribution in [0, 0.1) is 0 Å². The Balaban J connectivity index is 0.00000264. The lowest BCUT2D eigenvalue weighted by Gasteiger charge is -2.22. The zero-order valence-electron chi connectivity index (χ0n) is 14.3. The Morgan fingerprint density at radius 2 is 2.22 bits per heavy atom. The van der Waals surface area contributed by atoms with Gasteiger partial charge >= 0.3 is 0 Å². The summed E-state index contributed by atoms with van der Waals surface area (Å²) in [6.07, 6.45) is 4.44. The fourth-order valence-corrected chi connectivity index (χ4v) is 2.41. The van der Waals surface area contributed by atoms with Crippen LogP contribution >= 0.6 is 24.0 Å². The van der Waals surface area contributed by atoms with Crippen molar-refractivity contribution in [3.63, 3.8) is 0 Å². The lowest BCUT2D eigenvalue weighted by atomic mass is 10.4. The summed E-state index contributed by atoms with van der Waals surface area (Å²) >= 11 is 0. The van der Waals surface area contributed by atoms with Gasteiger partial charge in [-0.15, -0.1) is 24.0 Å². The molecule has 0 amide bonds. The molecule has 0 bridgehead atoms. The van der Waals surface area contributed by atoms with Crippen LogP contribution in [-0.4, -0.2) is 67.1 Å². The summed E-state index contributed by atoms with van der Waals surface area (Å²) < 4.78 is 7.04. The zero-order chi connectivity index (χ0) is 15.8. The van der Waals surface area contributed by atoms with Crippen LogP contribution in [0.3, 0.4) is 0 Å². The summed E-state index contributed by atoms with van der Waals surface area (Å²) in [7, 11) is 5.49. The number of hydrogen-bond acceptors (Lipinski definition) is 4. The summed E-state index contributed by atoms with van der Waals surface area (Å²) in [4.78, 5) is 6.75. The Morgan fingerprint density at radius 3 is 2.78 bits per heavy atom. The van der Waals surface area contributed by atoms with E-state index < -0.39 is 0 Å². The van der Waals surface area contributed by atoms with E-state index in [-0.39, 0.29) is 24.0 Å². The van der Waals surface area contributed by atoms with Gasteiger partial charge < -0.3 is 15.4 Å². The average Bonchev–Trinajstić information content (AvgIpc) is 3.29. The highest BCUT2D eigenvalue weighted by Gasteiger charge is 2.28. The maximum absolute atomic E-state index is 5.18. The molecule has 23 heavy (non-hydrogen) atoms. The summed E-state index contributed by atoms with van der Waals surface area (Å²) in [5, 5.41) is 10.8. The molecule has 1 aromatic rings. The topological polar surface area (TPSA) is 66.7 Å². The van der Waals surface area contributed by atoms with Gasteiger partial charge in [0, 0.05) is 53.1 Å². The van der Waals surface area contributed by atoms with E-state index in [1.165, 1.54) is 12.8 Å². The minimum absolute atomic E-state index is 0. The molecule has 1 aliphatic rings. The van der Waals surface area contributed by atoms with Crippen LogP contribution in [0.4, 0.5) is 0 Å². The minimum Gasteiger partial charge on any atom is -0.383 e. The number of aromatic nitrogens is 2. The van der Waals surface area contributed by atoms with Crippen LogP contribution in [0.15, 0.2) is 17.3 Å². The van der Waals surface area contributed by atoms with Crippen LogP contribution in [0.25, 0.3) is 0 Å². The Kier molecular flexibility index (Phi) is 9.49. The second-order valence-electron chi connectivity index (χ2n) is 5.56. The second-order valence-corrected chi connectivity index (χ2v) is 5.56. The van der Waals surface area contributed by atoms with Crippen molar-refractivity contribution >= 4 is 29.9 Å². The number of halogens is 1. The van der Waals surface area contributed by atoms with Gasteiger partial charge in [-0.25, -0.2) is 0 Å². The molecular weight excluding hydrogens is 407 g/mol. The minimum atomic E-state index is 0. The largest absolute Gasteiger partial charge is 0.383 e. The molecule has 1 aliphatic carbocycles. The SMILES string of the molecule is CN=C(NCCN(CCOC)C1CC1)NCc1ccnn1C.I. The molecule has 0 aromatic carbocycles. The van der Waals surface area contributed by atoms with Crippen molar-refractivity contribution in [1.82, 2.24) is 25.3 Å². The fraction of sp³-hybridized carbons (Fsp3) is 0.733. The van der Waals surface area contributed by atoms with Gasteiger partial charge in [0.2, 0.25) is 0 Å². The Labute approximate surface area is 155 Å². The molecule has 0 aliphatic heterocycles.